The van der Waals surface area contributed by atoms with Crippen molar-refractivity contribution in [2.24, 2.45) is 0 Å². The quantitative estimate of drug-likeness (QED) is 0.151. The highest BCUT2D eigenvalue weighted by Crippen LogP contribution is 2.54. The molecule has 9 aromatic rings. The Morgan fingerprint density at radius 2 is 0.825 bits per heavy atom. The second-order valence-corrected chi connectivity index (χ2v) is 15.7. The third kappa shape index (κ3) is 6.22. The zero-order valence-corrected chi connectivity index (χ0v) is 32.4. The van der Waals surface area contributed by atoms with Gasteiger partial charge in [0, 0.05) is 23.3 Å². The van der Waals surface area contributed by atoms with Gasteiger partial charge in [0.05, 0.1) is 0 Å². The van der Waals surface area contributed by atoms with Crippen molar-refractivity contribution in [1.29, 1.82) is 0 Å². The molecule has 1 nitrogen and oxygen atoms in total. The van der Waals surface area contributed by atoms with Crippen molar-refractivity contribution in [3.8, 4) is 55.6 Å². The van der Waals surface area contributed by atoms with Crippen LogP contribution in [0.3, 0.4) is 0 Å². The number of benzene rings is 9. The molecule has 0 saturated heterocycles. The van der Waals surface area contributed by atoms with Crippen LogP contribution < -0.4 is 4.90 Å². The van der Waals surface area contributed by atoms with E-state index >= 15 is 0 Å². The molecule has 0 aromatic heterocycles. The normalized spacial score (nSPS) is 12.6. The summed E-state index contributed by atoms with van der Waals surface area (Å²) in [4.78, 5) is 2.50. The molecule has 0 heterocycles. The molecular weight excluding hydrogens is 687 g/mol. The Morgan fingerprint density at radius 1 is 0.351 bits per heavy atom. The van der Waals surface area contributed by atoms with Crippen molar-refractivity contribution in [2.45, 2.75) is 25.8 Å². The Kier molecular flexibility index (Phi) is 8.65. The lowest BCUT2D eigenvalue weighted by atomic mass is 9.79. The summed E-state index contributed by atoms with van der Waals surface area (Å²) in [6.45, 7) is 5.50. The molecule has 1 aliphatic rings. The molecule has 0 amide bonds. The molecule has 0 bridgehead atoms. The lowest BCUT2D eigenvalue weighted by Gasteiger charge is -2.28. The second kappa shape index (κ2) is 14.3. The summed E-state index contributed by atoms with van der Waals surface area (Å²) < 4.78 is 0. The van der Waals surface area contributed by atoms with Crippen LogP contribution in [0.1, 0.15) is 30.5 Å². The van der Waals surface area contributed by atoms with Gasteiger partial charge in [-0.2, -0.15) is 0 Å². The molecule has 0 saturated carbocycles. The first-order valence-corrected chi connectivity index (χ1v) is 20.0. The van der Waals surface area contributed by atoms with Crippen LogP contribution in [-0.4, -0.2) is 0 Å². The highest BCUT2D eigenvalue weighted by molar-refractivity contribution is 6.06. The van der Waals surface area contributed by atoms with Crippen LogP contribution in [0.15, 0.2) is 212 Å². The maximum Gasteiger partial charge on any atom is 0.0487 e. The van der Waals surface area contributed by atoms with E-state index in [2.05, 4.69) is 231 Å². The number of fused-ring (bicyclic) bond motifs is 5. The van der Waals surface area contributed by atoms with Crippen molar-refractivity contribution in [1.82, 2.24) is 0 Å². The van der Waals surface area contributed by atoms with E-state index in [0.29, 0.717) is 6.54 Å². The summed E-state index contributed by atoms with van der Waals surface area (Å²) in [6, 6.07) is 77.7. The van der Waals surface area contributed by atoms with Crippen molar-refractivity contribution in [3.05, 3.63) is 229 Å². The van der Waals surface area contributed by atoms with Gasteiger partial charge < -0.3 is 4.90 Å². The molecular formula is C56H43N. The molecule has 0 radical (unpaired) electrons. The van der Waals surface area contributed by atoms with Crippen LogP contribution in [-0.2, 0) is 12.0 Å². The van der Waals surface area contributed by atoms with Crippen LogP contribution in [0.2, 0.25) is 0 Å². The number of rotatable bonds is 8. The maximum absolute atomic E-state index is 2.50. The highest BCUT2D eigenvalue weighted by Gasteiger charge is 2.38. The second-order valence-electron chi connectivity index (χ2n) is 15.7. The van der Waals surface area contributed by atoms with Gasteiger partial charge in [0.15, 0.2) is 0 Å². The topological polar surface area (TPSA) is 3.24 Å². The fourth-order valence-corrected chi connectivity index (χ4v) is 9.10. The van der Waals surface area contributed by atoms with E-state index in [1.54, 1.807) is 0 Å². The zero-order valence-electron chi connectivity index (χ0n) is 32.4. The molecule has 57 heavy (non-hydrogen) atoms. The number of nitrogens with zero attached hydrogens (tertiary/aromatic N) is 1. The number of hydrogen-bond donors (Lipinski definition) is 0. The van der Waals surface area contributed by atoms with E-state index in [-0.39, 0.29) is 5.41 Å². The Labute approximate surface area is 336 Å². The Bertz CT molecular complexity index is 2850. The van der Waals surface area contributed by atoms with Crippen LogP contribution in [0, 0.1) is 0 Å². The molecule has 0 N–H and O–H groups in total. The monoisotopic (exact) mass is 729 g/mol. The highest BCUT2D eigenvalue weighted by atomic mass is 15.1. The van der Waals surface area contributed by atoms with Gasteiger partial charge in [-0.3, -0.25) is 0 Å². The molecule has 0 spiro atoms. The summed E-state index contributed by atoms with van der Waals surface area (Å²) in [5.41, 5.74) is 18.7. The Balaban J connectivity index is 1.11. The number of hydrogen-bond acceptors (Lipinski definition) is 1. The van der Waals surface area contributed by atoms with Crippen molar-refractivity contribution in [2.75, 3.05) is 4.90 Å². The summed E-state index contributed by atoms with van der Waals surface area (Å²) in [5.74, 6) is 0. The van der Waals surface area contributed by atoms with E-state index in [9.17, 15) is 0 Å². The van der Waals surface area contributed by atoms with Gasteiger partial charge in [0.25, 0.3) is 0 Å². The van der Waals surface area contributed by atoms with Gasteiger partial charge in [0.1, 0.15) is 0 Å². The minimum absolute atomic E-state index is 0.154. The molecule has 1 heteroatoms. The van der Waals surface area contributed by atoms with Gasteiger partial charge in [0.2, 0.25) is 0 Å². The van der Waals surface area contributed by atoms with E-state index in [1.165, 1.54) is 88.8 Å². The van der Waals surface area contributed by atoms with Crippen molar-refractivity contribution in [3.63, 3.8) is 0 Å². The molecule has 10 rings (SSSR count). The third-order valence-electron chi connectivity index (χ3n) is 12.0. The maximum atomic E-state index is 2.50. The average molecular weight is 730 g/mol. The first kappa shape index (κ1) is 34.5. The molecule has 0 atom stereocenters. The fraction of sp³-hybridized carbons (Fsp3) is 0.0714. The predicted octanol–water partition coefficient (Wildman–Crippen LogP) is 15.2. The summed E-state index contributed by atoms with van der Waals surface area (Å²) >= 11 is 0. The fourth-order valence-electron chi connectivity index (χ4n) is 9.10. The predicted molar refractivity (Wildman–Crippen MR) is 242 cm³/mol. The molecule has 1 aliphatic carbocycles. The summed E-state index contributed by atoms with van der Waals surface area (Å²) in [6.07, 6.45) is 0. The van der Waals surface area contributed by atoms with E-state index in [4.69, 9.17) is 0 Å². The van der Waals surface area contributed by atoms with Gasteiger partial charge >= 0.3 is 0 Å². The van der Waals surface area contributed by atoms with Gasteiger partial charge in [-0.05, 0) is 113 Å². The van der Waals surface area contributed by atoms with Gasteiger partial charge in [-0.15, -0.1) is 0 Å². The summed E-state index contributed by atoms with van der Waals surface area (Å²) in [5, 5.41) is 2.63. The molecule has 0 aliphatic heterocycles. The van der Waals surface area contributed by atoms with E-state index in [0.717, 1.165) is 5.69 Å². The minimum atomic E-state index is -0.154. The van der Waals surface area contributed by atoms with Crippen molar-refractivity contribution >= 4 is 22.1 Å². The van der Waals surface area contributed by atoms with Crippen molar-refractivity contribution < 1.29 is 0 Å². The van der Waals surface area contributed by atoms with Gasteiger partial charge in [-0.25, -0.2) is 0 Å². The van der Waals surface area contributed by atoms with Crippen LogP contribution in [0.4, 0.5) is 11.4 Å². The van der Waals surface area contributed by atoms with Crippen LogP contribution in [0.25, 0.3) is 66.4 Å². The Morgan fingerprint density at radius 3 is 1.47 bits per heavy atom. The first-order chi connectivity index (χ1) is 28.0. The minimum Gasteiger partial charge on any atom is -0.337 e. The summed E-state index contributed by atoms with van der Waals surface area (Å²) in [7, 11) is 0. The lowest BCUT2D eigenvalue weighted by molar-refractivity contribution is 0.666. The molecule has 272 valence electrons. The third-order valence-corrected chi connectivity index (χ3v) is 12.0. The average Bonchev–Trinajstić information content (AvgIpc) is 3.51. The smallest absolute Gasteiger partial charge is 0.0487 e. The standard InChI is InChI=1S/C56H43N/c1-56(2)54-35-34-47(36-52(54)53-37-51(43-20-10-5-11-21-43)49-24-14-15-25-50(49)55(53)56)57(46-32-30-42(31-33-46)40-18-8-4-9-19-40)38-45-22-12-13-23-48(45)44-28-26-41(27-29-44)39-16-6-3-7-17-39/h3-37H,38H2,1-2H3. The largest absolute Gasteiger partial charge is 0.337 e. The SMILES string of the molecule is CC1(C)c2ccc(N(Cc3ccccc3-c3ccc(-c4ccccc4)cc3)c3ccc(-c4ccccc4)cc3)cc2-c2cc(-c3ccccc3)c3ccccc3c21. The number of anilines is 2. The molecule has 0 unspecified atom stereocenters. The van der Waals surface area contributed by atoms with Crippen LogP contribution in [0.5, 0.6) is 0 Å². The van der Waals surface area contributed by atoms with Gasteiger partial charge in [-0.1, -0.05) is 196 Å². The molecule has 0 fully saturated rings. The van der Waals surface area contributed by atoms with E-state index in [1.807, 2.05) is 0 Å². The first-order valence-electron chi connectivity index (χ1n) is 20.0. The Hall–Kier alpha value is -6.96. The zero-order chi connectivity index (χ0) is 38.3. The van der Waals surface area contributed by atoms with E-state index < -0.39 is 0 Å². The molecule has 9 aromatic carbocycles. The van der Waals surface area contributed by atoms with Crippen LogP contribution >= 0.6 is 0 Å². The lowest BCUT2D eigenvalue weighted by Crippen LogP contribution is -2.18.